The summed E-state index contributed by atoms with van der Waals surface area (Å²) in [6.07, 6.45) is 3.27. The molecule has 2 heterocycles. The van der Waals surface area contributed by atoms with E-state index in [2.05, 4.69) is 10.3 Å². The number of hydrogen-bond acceptors (Lipinski definition) is 3. The first kappa shape index (κ1) is 9.15. The smallest absolute Gasteiger partial charge is 0.255 e. The van der Waals surface area contributed by atoms with Gasteiger partial charge in [-0.05, 0) is 12.1 Å². The molecule has 0 spiro atoms. The Labute approximate surface area is 82.9 Å². The van der Waals surface area contributed by atoms with Crippen LogP contribution in [-0.4, -0.2) is 42.0 Å². The molecule has 14 heavy (non-hydrogen) atoms. The van der Waals surface area contributed by atoms with E-state index in [1.54, 1.807) is 29.4 Å². The summed E-state index contributed by atoms with van der Waals surface area (Å²) in [5.41, 5.74) is 0.655. The van der Waals surface area contributed by atoms with Crippen LogP contribution < -0.4 is 5.32 Å². The third-order valence-electron chi connectivity index (χ3n) is 2.54. The van der Waals surface area contributed by atoms with Gasteiger partial charge in [-0.25, -0.2) is 0 Å². The number of amides is 1. The highest BCUT2D eigenvalue weighted by Gasteiger charge is 2.25. The van der Waals surface area contributed by atoms with Crippen molar-refractivity contribution < 1.29 is 4.79 Å². The van der Waals surface area contributed by atoms with Crippen molar-refractivity contribution in [3.05, 3.63) is 30.1 Å². The SMILES string of the molecule is CN(C(=O)c1cccnc1)C1CNC1. The van der Waals surface area contributed by atoms with Gasteiger partial charge in [-0.1, -0.05) is 0 Å². The largest absolute Gasteiger partial charge is 0.336 e. The Morgan fingerprint density at radius 1 is 1.64 bits per heavy atom. The summed E-state index contributed by atoms with van der Waals surface area (Å²) in [6.45, 7) is 1.78. The third-order valence-corrected chi connectivity index (χ3v) is 2.54. The Balaban J connectivity index is 2.07. The molecular formula is C10H13N3O. The first-order valence-corrected chi connectivity index (χ1v) is 4.67. The number of aromatic nitrogens is 1. The van der Waals surface area contributed by atoms with Gasteiger partial charge >= 0.3 is 0 Å². The Morgan fingerprint density at radius 3 is 2.93 bits per heavy atom. The fraction of sp³-hybridized carbons (Fsp3) is 0.400. The normalized spacial score (nSPS) is 16.1. The van der Waals surface area contributed by atoms with Crippen molar-refractivity contribution in [2.75, 3.05) is 20.1 Å². The molecule has 1 saturated heterocycles. The zero-order valence-corrected chi connectivity index (χ0v) is 8.10. The van der Waals surface area contributed by atoms with Crippen LogP contribution in [0.3, 0.4) is 0 Å². The summed E-state index contributed by atoms with van der Waals surface area (Å²) in [7, 11) is 1.83. The number of carbonyl (C=O) groups excluding carboxylic acids is 1. The Morgan fingerprint density at radius 2 is 2.43 bits per heavy atom. The predicted molar refractivity (Wildman–Crippen MR) is 53.0 cm³/mol. The molecule has 1 aromatic heterocycles. The highest BCUT2D eigenvalue weighted by molar-refractivity contribution is 5.94. The van der Waals surface area contributed by atoms with Gasteiger partial charge in [0, 0.05) is 32.5 Å². The number of hydrogen-bond donors (Lipinski definition) is 1. The second kappa shape index (κ2) is 3.75. The monoisotopic (exact) mass is 191 g/mol. The third kappa shape index (κ3) is 1.61. The van der Waals surface area contributed by atoms with E-state index >= 15 is 0 Å². The maximum absolute atomic E-state index is 11.8. The van der Waals surface area contributed by atoms with Gasteiger partial charge in [-0.2, -0.15) is 0 Å². The molecule has 1 aliphatic rings. The van der Waals surface area contributed by atoms with Crippen LogP contribution in [0.25, 0.3) is 0 Å². The molecule has 1 aromatic rings. The molecule has 4 nitrogen and oxygen atoms in total. The molecule has 0 radical (unpaired) electrons. The van der Waals surface area contributed by atoms with Gasteiger partial charge in [0.1, 0.15) is 0 Å². The van der Waals surface area contributed by atoms with Gasteiger partial charge in [0.2, 0.25) is 0 Å². The lowest BCUT2D eigenvalue weighted by molar-refractivity contribution is 0.0681. The number of likely N-dealkylation sites (N-methyl/N-ethyl adjacent to an activating group) is 1. The van der Waals surface area contributed by atoms with Crippen LogP contribution in [-0.2, 0) is 0 Å². The van der Waals surface area contributed by atoms with Gasteiger partial charge in [-0.3, -0.25) is 9.78 Å². The molecule has 0 unspecified atom stereocenters. The Kier molecular flexibility index (Phi) is 2.45. The lowest BCUT2D eigenvalue weighted by atomic mass is 10.1. The summed E-state index contributed by atoms with van der Waals surface area (Å²) >= 11 is 0. The number of nitrogens with one attached hydrogen (secondary N) is 1. The van der Waals surface area contributed by atoms with Crippen LogP contribution >= 0.6 is 0 Å². The number of carbonyl (C=O) groups is 1. The number of pyridine rings is 1. The predicted octanol–water partition coefficient (Wildman–Crippen LogP) is 0.125. The van der Waals surface area contributed by atoms with Crippen molar-refractivity contribution in [3.63, 3.8) is 0 Å². The number of rotatable bonds is 2. The topological polar surface area (TPSA) is 45.2 Å². The van der Waals surface area contributed by atoms with Crippen molar-refractivity contribution in [1.82, 2.24) is 15.2 Å². The average Bonchev–Trinajstić information content (AvgIpc) is 2.15. The summed E-state index contributed by atoms with van der Waals surface area (Å²) < 4.78 is 0. The van der Waals surface area contributed by atoms with Gasteiger partial charge in [0.05, 0.1) is 11.6 Å². The van der Waals surface area contributed by atoms with Crippen molar-refractivity contribution in [1.29, 1.82) is 0 Å². The van der Waals surface area contributed by atoms with Crippen LogP contribution in [0.1, 0.15) is 10.4 Å². The summed E-state index contributed by atoms with van der Waals surface area (Å²) in [5.74, 6) is 0.0459. The van der Waals surface area contributed by atoms with Crippen molar-refractivity contribution in [3.8, 4) is 0 Å². The molecule has 0 bridgehead atoms. The molecule has 1 N–H and O–H groups in total. The standard InChI is InChI=1S/C10H13N3O/c1-13(9-6-12-7-9)10(14)8-3-2-4-11-5-8/h2-5,9,12H,6-7H2,1H3. The van der Waals surface area contributed by atoms with Gasteiger partial charge < -0.3 is 10.2 Å². The van der Waals surface area contributed by atoms with Crippen LogP contribution in [0.15, 0.2) is 24.5 Å². The van der Waals surface area contributed by atoms with E-state index in [0.29, 0.717) is 11.6 Å². The van der Waals surface area contributed by atoms with Crippen molar-refractivity contribution >= 4 is 5.91 Å². The van der Waals surface area contributed by atoms with E-state index in [-0.39, 0.29) is 5.91 Å². The average molecular weight is 191 g/mol. The quantitative estimate of drug-likeness (QED) is 0.722. The minimum Gasteiger partial charge on any atom is -0.336 e. The lowest BCUT2D eigenvalue weighted by Crippen LogP contribution is -2.57. The molecule has 1 aliphatic heterocycles. The van der Waals surface area contributed by atoms with Gasteiger partial charge in [-0.15, -0.1) is 0 Å². The second-order valence-electron chi connectivity index (χ2n) is 3.47. The molecule has 4 heteroatoms. The van der Waals surface area contributed by atoms with Crippen LogP contribution in [0.4, 0.5) is 0 Å². The van der Waals surface area contributed by atoms with Crippen molar-refractivity contribution in [2.24, 2.45) is 0 Å². The first-order chi connectivity index (χ1) is 6.79. The van der Waals surface area contributed by atoms with E-state index in [1.807, 2.05) is 7.05 Å². The lowest BCUT2D eigenvalue weighted by Gasteiger charge is -2.35. The zero-order chi connectivity index (χ0) is 9.97. The number of nitrogens with zero attached hydrogens (tertiary/aromatic N) is 2. The van der Waals surface area contributed by atoms with E-state index in [4.69, 9.17) is 0 Å². The Bertz CT molecular complexity index is 321. The molecule has 0 aliphatic carbocycles. The van der Waals surface area contributed by atoms with Crippen molar-refractivity contribution in [2.45, 2.75) is 6.04 Å². The fourth-order valence-electron chi connectivity index (χ4n) is 1.41. The maximum atomic E-state index is 11.8. The molecule has 1 fully saturated rings. The van der Waals surface area contributed by atoms with E-state index in [0.717, 1.165) is 13.1 Å². The van der Waals surface area contributed by atoms with E-state index in [9.17, 15) is 4.79 Å². The molecule has 2 rings (SSSR count). The summed E-state index contributed by atoms with van der Waals surface area (Å²) in [6, 6.07) is 3.90. The Hall–Kier alpha value is -1.42. The highest BCUT2D eigenvalue weighted by Crippen LogP contribution is 2.07. The molecule has 0 saturated carbocycles. The minimum absolute atomic E-state index is 0.0459. The molecule has 74 valence electrons. The molecule has 0 aromatic carbocycles. The molecule has 0 atom stereocenters. The molecule has 1 amide bonds. The summed E-state index contributed by atoms with van der Waals surface area (Å²) in [4.78, 5) is 17.5. The van der Waals surface area contributed by atoms with E-state index < -0.39 is 0 Å². The summed E-state index contributed by atoms with van der Waals surface area (Å²) in [5, 5.41) is 3.14. The fourth-order valence-corrected chi connectivity index (χ4v) is 1.41. The van der Waals surface area contributed by atoms with E-state index in [1.165, 1.54) is 0 Å². The van der Waals surface area contributed by atoms with Crippen LogP contribution in [0.2, 0.25) is 0 Å². The van der Waals surface area contributed by atoms with Crippen LogP contribution in [0.5, 0.6) is 0 Å². The van der Waals surface area contributed by atoms with Crippen LogP contribution in [0, 0.1) is 0 Å². The molecular weight excluding hydrogens is 178 g/mol. The minimum atomic E-state index is 0.0459. The highest BCUT2D eigenvalue weighted by atomic mass is 16.2. The second-order valence-corrected chi connectivity index (χ2v) is 3.47. The first-order valence-electron chi connectivity index (χ1n) is 4.67. The van der Waals surface area contributed by atoms with Gasteiger partial charge in [0.15, 0.2) is 0 Å². The zero-order valence-electron chi connectivity index (χ0n) is 8.10. The van der Waals surface area contributed by atoms with Gasteiger partial charge in [0.25, 0.3) is 5.91 Å². The maximum Gasteiger partial charge on any atom is 0.255 e.